The lowest BCUT2D eigenvalue weighted by molar-refractivity contribution is 0.156. The van der Waals surface area contributed by atoms with Gasteiger partial charge in [-0.2, -0.15) is 0 Å². The molecule has 0 atom stereocenters. The lowest BCUT2D eigenvalue weighted by atomic mass is 10.4. The number of anilines is 2. The first-order chi connectivity index (χ1) is 8.06. The molecule has 0 fully saturated rings. The SMILES string of the molecule is CCCNc1ncnc(N(C)CC(F)F)c1Br. The van der Waals surface area contributed by atoms with Crippen LogP contribution in [0.4, 0.5) is 20.4 Å². The Bertz CT molecular complexity index is 362. The van der Waals surface area contributed by atoms with Gasteiger partial charge in [0.05, 0.1) is 6.54 Å². The molecule has 17 heavy (non-hydrogen) atoms. The minimum absolute atomic E-state index is 0.358. The molecule has 0 radical (unpaired) electrons. The summed E-state index contributed by atoms with van der Waals surface area (Å²) in [6.45, 7) is 2.45. The molecule has 7 heteroatoms. The largest absolute Gasteiger partial charge is 0.369 e. The van der Waals surface area contributed by atoms with Crippen LogP contribution in [-0.4, -0.2) is 36.5 Å². The van der Waals surface area contributed by atoms with Crippen LogP contribution in [0.5, 0.6) is 0 Å². The van der Waals surface area contributed by atoms with E-state index in [-0.39, 0.29) is 6.54 Å². The summed E-state index contributed by atoms with van der Waals surface area (Å²) in [4.78, 5) is 9.45. The molecular weight excluding hydrogens is 294 g/mol. The first-order valence-corrected chi connectivity index (χ1v) is 6.09. The zero-order valence-electron chi connectivity index (χ0n) is 9.75. The summed E-state index contributed by atoms with van der Waals surface area (Å²) in [5, 5.41) is 3.10. The molecule has 0 spiro atoms. The van der Waals surface area contributed by atoms with Gasteiger partial charge in [0.2, 0.25) is 0 Å². The smallest absolute Gasteiger partial charge is 0.255 e. The van der Waals surface area contributed by atoms with Crippen molar-refractivity contribution in [2.45, 2.75) is 19.8 Å². The standard InChI is InChI=1S/C10H15BrF2N4/c1-3-4-14-9-8(11)10(16-6-15-9)17(2)5-7(12)13/h6-7H,3-5H2,1-2H3,(H,14,15,16). The first-order valence-electron chi connectivity index (χ1n) is 5.29. The van der Waals surface area contributed by atoms with E-state index < -0.39 is 6.43 Å². The van der Waals surface area contributed by atoms with Crippen LogP contribution < -0.4 is 10.2 Å². The van der Waals surface area contributed by atoms with Gasteiger partial charge in [0.1, 0.15) is 22.4 Å². The van der Waals surface area contributed by atoms with E-state index in [1.165, 1.54) is 11.2 Å². The van der Waals surface area contributed by atoms with Gasteiger partial charge in [-0.15, -0.1) is 0 Å². The second kappa shape index (κ2) is 6.68. The molecule has 4 nitrogen and oxygen atoms in total. The third-order valence-corrected chi connectivity index (χ3v) is 2.82. The van der Waals surface area contributed by atoms with Gasteiger partial charge in [-0.1, -0.05) is 6.92 Å². The fraction of sp³-hybridized carbons (Fsp3) is 0.600. The number of halogens is 3. The molecule has 0 bridgehead atoms. The van der Waals surface area contributed by atoms with Gasteiger partial charge >= 0.3 is 0 Å². The Labute approximate surface area is 108 Å². The first kappa shape index (κ1) is 14.1. The summed E-state index contributed by atoms with van der Waals surface area (Å²) in [6, 6.07) is 0. The highest BCUT2D eigenvalue weighted by Crippen LogP contribution is 2.28. The van der Waals surface area contributed by atoms with Gasteiger partial charge in [0.25, 0.3) is 6.43 Å². The van der Waals surface area contributed by atoms with Gasteiger partial charge in [-0.3, -0.25) is 0 Å². The van der Waals surface area contributed by atoms with Crippen LogP contribution in [0.15, 0.2) is 10.8 Å². The van der Waals surface area contributed by atoms with Gasteiger partial charge in [0, 0.05) is 13.6 Å². The lowest BCUT2D eigenvalue weighted by Crippen LogP contribution is -2.25. The third-order valence-electron chi connectivity index (χ3n) is 2.09. The second-order valence-corrected chi connectivity index (χ2v) is 4.35. The minimum Gasteiger partial charge on any atom is -0.369 e. The molecule has 0 aliphatic rings. The number of rotatable bonds is 6. The summed E-state index contributed by atoms with van der Waals surface area (Å²) in [5.74, 6) is 1.08. The summed E-state index contributed by atoms with van der Waals surface area (Å²) < 4.78 is 25.2. The summed E-state index contributed by atoms with van der Waals surface area (Å²) in [6.07, 6.45) is -0.0764. The molecule has 0 aromatic carbocycles. The predicted octanol–water partition coefficient (Wildman–Crippen LogP) is 2.76. The molecular formula is C10H15BrF2N4. The molecule has 0 saturated heterocycles. The van der Waals surface area contributed by atoms with E-state index in [4.69, 9.17) is 0 Å². The minimum atomic E-state index is -2.39. The van der Waals surface area contributed by atoms with Crippen molar-refractivity contribution in [3.63, 3.8) is 0 Å². The maximum absolute atomic E-state index is 12.3. The molecule has 1 rings (SSSR count). The Balaban J connectivity index is 2.85. The predicted molar refractivity (Wildman–Crippen MR) is 67.8 cm³/mol. The van der Waals surface area contributed by atoms with Gasteiger partial charge in [-0.25, -0.2) is 18.7 Å². The fourth-order valence-corrected chi connectivity index (χ4v) is 1.93. The van der Waals surface area contributed by atoms with Gasteiger partial charge in [0.15, 0.2) is 0 Å². The van der Waals surface area contributed by atoms with Crippen LogP contribution in [0.2, 0.25) is 0 Å². The molecule has 1 aromatic rings. The van der Waals surface area contributed by atoms with E-state index in [1.807, 2.05) is 6.92 Å². The van der Waals surface area contributed by atoms with Crippen molar-refractivity contribution >= 4 is 27.6 Å². The van der Waals surface area contributed by atoms with Crippen LogP contribution in [0.1, 0.15) is 13.3 Å². The van der Waals surface area contributed by atoms with Crippen molar-refractivity contribution in [3.8, 4) is 0 Å². The van der Waals surface area contributed by atoms with Crippen LogP contribution in [0.25, 0.3) is 0 Å². The monoisotopic (exact) mass is 308 g/mol. The van der Waals surface area contributed by atoms with E-state index in [0.717, 1.165) is 13.0 Å². The van der Waals surface area contributed by atoms with Crippen molar-refractivity contribution in [2.24, 2.45) is 0 Å². The highest BCUT2D eigenvalue weighted by molar-refractivity contribution is 9.10. The van der Waals surface area contributed by atoms with Crippen LogP contribution in [0, 0.1) is 0 Å². The van der Waals surface area contributed by atoms with E-state index in [9.17, 15) is 8.78 Å². The lowest BCUT2D eigenvalue weighted by Gasteiger charge is -2.19. The zero-order valence-corrected chi connectivity index (χ0v) is 11.3. The molecule has 1 aromatic heterocycles. The molecule has 1 N–H and O–H groups in total. The van der Waals surface area contributed by atoms with Crippen molar-refractivity contribution in [2.75, 3.05) is 30.4 Å². The van der Waals surface area contributed by atoms with Gasteiger partial charge in [-0.05, 0) is 22.4 Å². The second-order valence-electron chi connectivity index (χ2n) is 3.56. The Morgan fingerprint density at radius 2 is 2.18 bits per heavy atom. The molecule has 0 unspecified atom stereocenters. The molecule has 0 aliphatic carbocycles. The summed E-state index contributed by atoms with van der Waals surface area (Å²) in [7, 11) is 1.57. The average Bonchev–Trinajstić information content (AvgIpc) is 2.26. The van der Waals surface area contributed by atoms with Crippen LogP contribution in [0.3, 0.4) is 0 Å². The van der Waals surface area contributed by atoms with Crippen molar-refractivity contribution in [1.29, 1.82) is 0 Å². The van der Waals surface area contributed by atoms with Crippen molar-refractivity contribution in [1.82, 2.24) is 9.97 Å². The Kier molecular flexibility index (Phi) is 5.54. The number of alkyl halides is 2. The van der Waals surface area contributed by atoms with E-state index in [1.54, 1.807) is 7.05 Å². The summed E-state index contributed by atoms with van der Waals surface area (Å²) in [5.41, 5.74) is 0. The van der Waals surface area contributed by atoms with Crippen molar-refractivity contribution < 1.29 is 8.78 Å². The molecule has 0 amide bonds. The zero-order chi connectivity index (χ0) is 12.8. The maximum atomic E-state index is 12.3. The third kappa shape index (κ3) is 4.07. The molecule has 1 heterocycles. The number of nitrogens with one attached hydrogen (secondary N) is 1. The average molecular weight is 309 g/mol. The van der Waals surface area contributed by atoms with Crippen molar-refractivity contribution in [3.05, 3.63) is 10.8 Å². The Morgan fingerprint density at radius 3 is 2.76 bits per heavy atom. The normalized spacial score (nSPS) is 10.7. The number of nitrogens with zero attached hydrogens (tertiary/aromatic N) is 3. The fourth-order valence-electron chi connectivity index (χ4n) is 1.29. The molecule has 0 aliphatic heterocycles. The quantitative estimate of drug-likeness (QED) is 0.877. The Morgan fingerprint density at radius 1 is 1.47 bits per heavy atom. The highest BCUT2D eigenvalue weighted by atomic mass is 79.9. The molecule has 0 saturated carbocycles. The van der Waals surface area contributed by atoms with Crippen LogP contribution in [-0.2, 0) is 0 Å². The topological polar surface area (TPSA) is 41.1 Å². The molecule has 96 valence electrons. The number of hydrogen-bond acceptors (Lipinski definition) is 4. The maximum Gasteiger partial charge on any atom is 0.255 e. The van der Waals surface area contributed by atoms with Gasteiger partial charge < -0.3 is 10.2 Å². The number of aromatic nitrogens is 2. The van der Waals surface area contributed by atoms with Crippen LogP contribution >= 0.6 is 15.9 Å². The Hall–Kier alpha value is -0.980. The van der Waals surface area contributed by atoms with E-state index >= 15 is 0 Å². The number of hydrogen-bond donors (Lipinski definition) is 1. The van der Waals surface area contributed by atoms with E-state index in [0.29, 0.717) is 16.1 Å². The summed E-state index contributed by atoms with van der Waals surface area (Å²) >= 11 is 3.33. The van der Waals surface area contributed by atoms with E-state index in [2.05, 4.69) is 31.2 Å². The highest BCUT2D eigenvalue weighted by Gasteiger charge is 2.15.